The fourth-order valence-electron chi connectivity index (χ4n) is 1.77. The zero-order chi connectivity index (χ0) is 16.0. The first-order valence-corrected chi connectivity index (χ1v) is 6.51. The largest absolute Gasteiger partial charge is 0.469 e. The normalized spacial score (nSPS) is 10.2. The molecule has 1 aromatic rings. The number of amides is 1. The number of likely N-dealkylation sites (N-methyl/N-ethyl adjacent to an activating group) is 1. The molecule has 8 heteroatoms. The van der Waals surface area contributed by atoms with E-state index in [2.05, 4.69) is 4.74 Å². The van der Waals surface area contributed by atoms with Crippen molar-refractivity contribution in [1.29, 1.82) is 0 Å². The van der Waals surface area contributed by atoms with E-state index >= 15 is 0 Å². The summed E-state index contributed by atoms with van der Waals surface area (Å²) in [4.78, 5) is 47.8. The maximum Gasteiger partial charge on any atom is 0.331 e. The molecule has 0 aliphatic heterocycles. The molecule has 0 saturated heterocycles. The van der Waals surface area contributed by atoms with Gasteiger partial charge in [0.2, 0.25) is 5.91 Å². The molecule has 21 heavy (non-hydrogen) atoms. The van der Waals surface area contributed by atoms with E-state index < -0.39 is 17.2 Å². The fraction of sp³-hybridized carbons (Fsp3) is 0.538. The molecule has 0 aromatic carbocycles. The van der Waals surface area contributed by atoms with Crippen LogP contribution in [0.5, 0.6) is 0 Å². The van der Waals surface area contributed by atoms with Gasteiger partial charge in [0.25, 0.3) is 5.56 Å². The number of carbonyl (C=O) groups is 2. The van der Waals surface area contributed by atoms with E-state index in [9.17, 15) is 19.2 Å². The van der Waals surface area contributed by atoms with Gasteiger partial charge in [-0.15, -0.1) is 0 Å². The molecule has 1 aromatic heterocycles. The average molecular weight is 297 g/mol. The quantitative estimate of drug-likeness (QED) is 0.625. The number of methoxy groups -OCH3 is 1. The second-order valence-electron chi connectivity index (χ2n) is 4.42. The van der Waals surface area contributed by atoms with Crippen molar-refractivity contribution >= 4 is 11.9 Å². The highest BCUT2D eigenvalue weighted by atomic mass is 16.5. The number of rotatable bonds is 6. The van der Waals surface area contributed by atoms with E-state index in [0.717, 1.165) is 9.13 Å². The maximum atomic E-state index is 12.1. The van der Waals surface area contributed by atoms with Crippen molar-refractivity contribution in [3.05, 3.63) is 33.1 Å². The summed E-state index contributed by atoms with van der Waals surface area (Å²) in [6.07, 6.45) is 1.38. The molecule has 1 heterocycles. The summed E-state index contributed by atoms with van der Waals surface area (Å²) >= 11 is 0. The van der Waals surface area contributed by atoms with E-state index in [-0.39, 0.29) is 25.4 Å². The molecule has 0 atom stereocenters. The molecule has 0 fully saturated rings. The standard InChI is InChI=1S/C13H19N3O5/c1-4-15(8-6-12(19)21-3)11(18)9-16-7-5-10(17)14(2)13(16)20/h5,7H,4,6,8-9H2,1-3H3. The Morgan fingerprint density at radius 1 is 1.33 bits per heavy atom. The molecule has 0 aliphatic rings. The second kappa shape index (κ2) is 7.41. The smallest absolute Gasteiger partial charge is 0.331 e. The predicted octanol–water partition coefficient (Wildman–Crippen LogP) is -1.04. The van der Waals surface area contributed by atoms with E-state index in [4.69, 9.17) is 0 Å². The number of esters is 1. The molecular weight excluding hydrogens is 278 g/mol. The van der Waals surface area contributed by atoms with E-state index in [1.807, 2.05) is 0 Å². The molecule has 0 unspecified atom stereocenters. The van der Waals surface area contributed by atoms with Crippen LogP contribution in [0.25, 0.3) is 0 Å². The second-order valence-corrected chi connectivity index (χ2v) is 4.42. The Kier molecular flexibility index (Phi) is 5.89. The Morgan fingerprint density at radius 3 is 2.57 bits per heavy atom. The van der Waals surface area contributed by atoms with Crippen molar-refractivity contribution < 1.29 is 14.3 Å². The lowest BCUT2D eigenvalue weighted by Crippen LogP contribution is -2.42. The van der Waals surface area contributed by atoms with Crippen LogP contribution in [0.1, 0.15) is 13.3 Å². The lowest BCUT2D eigenvalue weighted by atomic mass is 10.3. The minimum Gasteiger partial charge on any atom is -0.469 e. The van der Waals surface area contributed by atoms with Crippen molar-refractivity contribution in [3.63, 3.8) is 0 Å². The molecule has 0 spiro atoms. The van der Waals surface area contributed by atoms with E-state index in [1.165, 1.54) is 31.3 Å². The van der Waals surface area contributed by atoms with E-state index in [0.29, 0.717) is 6.54 Å². The van der Waals surface area contributed by atoms with Crippen molar-refractivity contribution in [3.8, 4) is 0 Å². The van der Waals surface area contributed by atoms with Crippen LogP contribution in [0.3, 0.4) is 0 Å². The third-order valence-electron chi connectivity index (χ3n) is 3.11. The van der Waals surface area contributed by atoms with Gasteiger partial charge in [0.05, 0.1) is 13.5 Å². The van der Waals surface area contributed by atoms with Gasteiger partial charge in [-0.25, -0.2) is 4.79 Å². The summed E-state index contributed by atoms with van der Waals surface area (Å²) in [5, 5.41) is 0. The molecule has 1 rings (SSSR count). The van der Waals surface area contributed by atoms with Crippen molar-refractivity contribution in [2.45, 2.75) is 19.9 Å². The summed E-state index contributed by atoms with van der Waals surface area (Å²) in [5.41, 5.74) is -0.985. The third kappa shape index (κ3) is 4.30. The summed E-state index contributed by atoms with van der Waals surface area (Å²) in [6, 6.07) is 1.22. The SMILES string of the molecule is CCN(CCC(=O)OC)C(=O)Cn1ccc(=O)n(C)c1=O. The number of hydrogen-bond donors (Lipinski definition) is 0. The Labute approximate surface area is 121 Å². The Bertz CT molecular complexity index is 631. The highest BCUT2D eigenvalue weighted by Gasteiger charge is 2.15. The first-order chi connectivity index (χ1) is 9.90. The topological polar surface area (TPSA) is 90.6 Å². The monoisotopic (exact) mass is 297 g/mol. The fourth-order valence-corrected chi connectivity index (χ4v) is 1.77. The number of nitrogens with zero attached hydrogens (tertiary/aromatic N) is 3. The molecule has 0 radical (unpaired) electrons. The van der Waals surface area contributed by atoms with Crippen LogP contribution < -0.4 is 11.2 Å². The first-order valence-electron chi connectivity index (χ1n) is 6.51. The molecule has 116 valence electrons. The van der Waals surface area contributed by atoms with Gasteiger partial charge in [-0.1, -0.05) is 0 Å². The van der Waals surface area contributed by atoms with Gasteiger partial charge in [0.1, 0.15) is 6.54 Å². The minimum absolute atomic E-state index is 0.0955. The van der Waals surface area contributed by atoms with Gasteiger partial charge in [-0.3, -0.25) is 23.5 Å². The van der Waals surface area contributed by atoms with Crippen LogP contribution in [-0.4, -0.2) is 46.1 Å². The first kappa shape index (κ1) is 16.7. The van der Waals surface area contributed by atoms with Gasteiger partial charge in [0.15, 0.2) is 0 Å². The lowest BCUT2D eigenvalue weighted by molar-refractivity contribution is -0.141. The maximum absolute atomic E-state index is 12.1. The lowest BCUT2D eigenvalue weighted by Gasteiger charge is -2.20. The zero-order valence-corrected chi connectivity index (χ0v) is 12.4. The van der Waals surface area contributed by atoms with Crippen LogP contribution in [0.15, 0.2) is 21.9 Å². The Morgan fingerprint density at radius 2 is 2.00 bits per heavy atom. The van der Waals surface area contributed by atoms with Crippen LogP contribution in [-0.2, 0) is 27.9 Å². The highest BCUT2D eigenvalue weighted by molar-refractivity contribution is 5.77. The van der Waals surface area contributed by atoms with Gasteiger partial charge in [-0.05, 0) is 6.92 Å². The van der Waals surface area contributed by atoms with Gasteiger partial charge in [-0.2, -0.15) is 0 Å². The summed E-state index contributed by atoms with van der Waals surface area (Å²) < 4.78 is 6.61. The Balaban J connectivity index is 2.79. The summed E-state index contributed by atoms with van der Waals surface area (Å²) in [5.74, 6) is -0.706. The van der Waals surface area contributed by atoms with E-state index in [1.54, 1.807) is 6.92 Å². The average Bonchev–Trinajstić information content (AvgIpc) is 2.48. The summed E-state index contributed by atoms with van der Waals surface area (Å²) in [7, 11) is 2.63. The number of ether oxygens (including phenoxy) is 1. The van der Waals surface area contributed by atoms with Gasteiger partial charge < -0.3 is 9.64 Å². The molecule has 1 amide bonds. The highest BCUT2D eigenvalue weighted by Crippen LogP contribution is 1.96. The molecule has 0 aliphatic carbocycles. The number of carbonyl (C=O) groups excluding carboxylic acids is 2. The van der Waals surface area contributed by atoms with Crippen molar-refractivity contribution in [2.75, 3.05) is 20.2 Å². The molecule has 0 N–H and O–H groups in total. The summed E-state index contributed by atoms with van der Waals surface area (Å²) in [6.45, 7) is 2.24. The Hall–Kier alpha value is -2.38. The number of hydrogen-bond acceptors (Lipinski definition) is 5. The molecular formula is C13H19N3O5. The predicted molar refractivity (Wildman–Crippen MR) is 74.8 cm³/mol. The van der Waals surface area contributed by atoms with Crippen LogP contribution in [0.2, 0.25) is 0 Å². The van der Waals surface area contributed by atoms with Crippen LogP contribution >= 0.6 is 0 Å². The number of aromatic nitrogens is 2. The van der Waals surface area contributed by atoms with Crippen molar-refractivity contribution in [1.82, 2.24) is 14.0 Å². The molecule has 0 saturated carbocycles. The van der Waals surface area contributed by atoms with Crippen molar-refractivity contribution in [2.24, 2.45) is 7.05 Å². The molecule has 8 nitrogen and oxygen atoms in total. The van der Waals surface area contributed by atoms with Crippen LogP contribution in [0.4, 0.5) is 0 Å². The zero-order valence-electron chi connectivity index (χ0n) is 12.4. The third-order valence-corrected chi connectivity index (χ3v) is 3.11. The minimum atomic E-state index is -0.556. The van der Waals surface area contributed by atoms with Gasteiger partial charge >= 0.3 is 11.7 Å². The molecule has 0 bridgehead atoms. The van der Waals surface area contributed by atoms with Gasteiger partial charge in [0, 0.05) is 32.4 Å². The van der Waals surface area contributed by atoms with Crippen LogP contribution in [0, 0.1) is 0 Å².